The summed E-state index contributed by atoms with van der Waals surface area (Å²) in [6, 6.07) is 1.95. The minimum Gasteiger partial charge on any atom is -0.480 e. The number of carbonyl (C=O) groups is 1. The van der Waals surface area contributed by atoms with Crippen LogP contribution in [-0.2, 0) is 11.2 Å². The minimum atomic E-state index is -0.697. The van der Waals surface area contributed by atoms with Gasteiger partial charge in [0.2, 0.25) is 0 Å². The summed E-state index contributed by atoms with van der Waals surface area (Å²) in [5.74, 6) is 0.148. The summed E-state index contributed by atoms with van der Waals surface area (Å²) >= 11 is 1.70. The highest BCUT2D eigenvalue weighted by Crippen LogP contribution is 2.39. The predicted octanol–water partition coefficient (Wildman–Crippen LogP) is 2.92. The normalized spacial score (nSPS) is 25.7. The van der Waals surface area contributed by atoms with Gasteiger partial charge in [0.25, 0.3) is 0 Å². The molecule has 1 aromatic heterocycles. The first-order valence-electron chi connectivity index (χ1n) is 6.71. The Labute approximate surface area is 111 Å². The van der Waals surface area contributed by atoms with Gasteiger partial charge in [-0.15, -0.1) is 11.3 Å². The van der Waals surface area contributed by atoms with E-state index in [1.165, 1.54) is 17.7 Å². The highest BCUT2D eigenvalue weighted by atomic mass is 32.1. The van der Waals surface area contributed by atoms with E-state index < -0.39 is 12.0 Å². The monoisotopic (exact) mass is 265 g/mol. The number of thiophene rings is 1. The maximum absolute atomic E-state index is 11.6. The van der Waals surface area contributed by atoms with E-state index in [9.17, 15) is 9.90 Å². The van der Waals surface area contributed by atoms with Crippen LogP contribution >= 0.6 is 11.3 Å². The zero-order chi connectivity index (χ0) is 12.7. The molecule has 98 valence electrons. The number of hydrogen-bond acceptors (Lipinski definition) is 3. The summed E-state index contributed by atoms with van der Waals surface area (Å²) in [6.07, 6.45) is 4.83. The molecule has 0 bridgehead atoms. The molecule has 1 aliphatic carbocycles. The number of rotatable bonds is 4. The molecule has 1 fully saturated rings. The van der Waals surface area contributed by atoms with Crippen molar-refractivity contribution < 1.29 is 9.90 Å². The van der Waals surface area contributed by atoms with E-state index in [-0.39, 0.29) is 0 Å². The third-order valence-electron chi connectivity index (χ3n) is 4.17. The van der Waals surface area contributed by atoms with Crippen molar-refractivity contribution in [3.05, 3.63) is 21.9 Å². The number of carboxylic acids is 1. The molecule has 3 rings (SSSR count). The Morgan fingerprint density at radius 1 is 1.61 bits per heavy atom. The Kier molecular flexibility index (Phi) is 3.16. The molecule has 0 radical (unpaired) electrons. The molecule has 4 heteroatoms. The number of fused-ring (bicyclic) bond motifs is 1. The predicted molar refractivity (Wildman–Crippen MR) is 71.9 cm³/mol. The Hall–Kier alpha value is -0.870. The van der Waals surface area contributed by atoms with Crippen LogP contribution in [0.5, 0.6) is 0 Å². The molecule has 18 heavy (non-hydrogen) atoms. The molecular weight excluding hydrogens is 246 g/mol. The van der Waals surface area contributed by atoms with Crippen LogP contribution in [0, 0.1) is 5.92 Å². The third-order valence-corrected chi connectivity index (χ3v) is 5.17. The van der Waals surface area contributed by atoms with Crippen molar-refractivity contribution in [2.45, 2.75) is 44.7 Å². The molecular formula is C14H19NO2S. The van der Waals surface area contributed by atoms with Crippen molar-refractivity contribution in [3.8, 4) is 0 Å². The fraction of sp³-hybridized carbons (Fsp3) is 0.643. The second-order valence-electron chi connectivity index (χ2n) is 5.56. The van der Waals surface area contributed by atoms with E-state index >= 15 is 0 Å². The van der Waals surface area contributed by atoms with E-state index in [0.29, 0.717) is 6.04 Å². The van der Waals surface area contributed by atoms with Crippen molar-refractivity contribution in [1.82, 2.24) is 4.90 Å². The highest BCUT2D eigenvalue weighted by Gasteiger charge is 2.37. The van der Waals surface area contributed by atoms with Gasteiger partial charge in [0.1, 0.15) is 6.04 Å². The molecule has 1 N–H and O–H groups in total. The second kappa shape index (κ2) is 4.67. The van der Waals surface area contributed by atoms with E-state index in [1.54, 1.807) is 11.3 Å². The molecule has 0 saturated heterocycles. The minimum absolute atomic E-state index is 0.381. The average molecular weight is 265 g/mol. The Balaban J connectivity index is 1.83. The zero-order valence-corrected chi connectivity index (χ0v) is 11.4. The van der Waals surface area contributed by atoms with Crippen LogP contribution in [0.1, 0.15) is 42.7 Å². The lowest BCUT2D eigenvalue weighted by atomic mass is 9.96. The Morgan fingerprint density at radius 3 is 3.06 bits per heavy atom. The molecule has 0 amide bonds. The van der Waals surface area contributed by atoms with Gasteiger partial charge in [0.05, 0.1) is 0 Å². The van der Waals surface area contributed by atoms with E-state index in [1.807, 2.05) is 11.4 Å². The summed E-state index contributed by atoms with van der Waals surface area (Å²) in [5, 5.41) is 11.6. The summed E-state index contributed by atoms with van der Waals surface area (Å²) in [6.45, 7) is 3.07. The van der Waals surface area contributed by atoms with Gasteiger partial charge in [-0.2, -0.15) is 0 Å². The molecule has 0 aromatic carbocycles. The molecule has 1 aromatic rings. The fourth-order valence-corrected chi connectivity index (χ4v) is 3.96. The summed E-state index contributed by atoms with van der Waals surface area (Å²) in [4.78, 5) is 15.0. The molecule has 0 spiro atoms. The summed E-state index contributed by atoms with van der Waals surface area (Å²) < 4.78 is 0. The van der Waals surface area contributed by atoms with Crippen LogP contribution in [0.3, 0.4) is 0 Å². The first-order chi connectivity index (χ1) is 8.66. The molecule has 1 saturated carbocycles. The number of carboxylic acid groups (broad SMARTS) is 1. The van der Waals surface area contributed by atoms with Crippen LogP contribution in [0.4, 0.5) is 0 Å². The van der Waals surface area contributed by atoms with Crippen LogP contribution in [-0.4, -0.2) is 28.6 Å². The maximum atomic E-state index is 11.6. The van der Waals surface area contributed by atoms with Crippen molar-refractivity contribution in [2.75, 3.05) is 6.54 Å². The zero-order valence-electron chi connectivity index (χ0n) is 10.6. The molecule has 2 aliphatic rings. The van der Waals surface area contributed by atoms with Gasteiger partial charge in [-0.05, 0) is 42.7 Å². The lowest BCUT2D eigenvalue weighted by Crippen LogP contribution is -2.44. The van der Waals surface area contributed by atoms with Gasteiger partial charge in [0.15, 0.2) is 0 Å². The van der Waals surface area contributed by atoms with Gasteiger partial charge >= 0.3 is 5.97 Å². The fourth-order valence-electron chi connectivity index (χ4n) is 3.06. The van der Waals surface area contributed by atoms with E-state index in [0.717, 1.165) is 30.9 Å². The van der Waals surface area contributed by atoms with Gasteiger partial charge < -0.3 is 5.11 Å². The summed E-state index contributed by atoms with van der Waals surface area (Å²) in [5.41, 5.74) is 1.03. The lowest BCUT2D eigenvalue weighted by molar-refractivity contribution is -0.145. The number of hydrogen-bond donors (Lipinski definition) is 1. The average Bonchev–Trinajstić information content (AvgIpc) is 3.02. The third kappa shape index (κ3) is 2.19. The molecule has 1 aliphatic heterocycles. The van der Waals surface area contributed by atoms with E-state index in [2.05, 4.69) is 11.8 Å². The Morgan fingerprint density at radius 2 is 2.39 bits per heavy atom. The van der Waals surface area contributed by atoms with Crippen LogP contribution < -0.4 is 0 Å². The van der Waals surface area contributed by atoms with Crippen LogP contribution in [0.25, 0.3) is 0 Å². The second-order valence-corrected chi connectivity index (χ2v) is 6.56. The van der Waals surface area contributed by atoms with Crippen molar-refractivity contribution in [2.24, 2.45) is 5.92 Å². The van der Waals surface area contributed by atoms with Crippen LogP contribution in [0.15, 0.2) is 11.4 Å². The van der Waals surface area contributed by atoms with Crippen molar-refractivity contribution >= 4 is 17.3 Å². The van der Waals surface area contributed by atoms with Gasteiger partial charge in [0, 0.05) is 17.5 Å². The molecule has 2 atom stereocenters. The topological polar surface area (TPSA) is 40.5 Å². The maximum Gasteiger partial charge on any atom is 0.325 e. The first-order valence-corrected chi connectivity index (χ1v) is 7.59. The first kappa shape index (κ1) is 12.2. The Bertz CT molecular complexity index is 452. The van der Waals surface area contributed by atoms with Gasteiger partial charge in [-0.3, -0.25) is 9.69 Å². The van der Waals surface area contributed by atoms with Crippen molar-refractivity contribution in [3.63, 3.8) is 0 Å². The van der Waals surface area contributed by atoms with Crippen LogP contribution in [0.2, 0.25) is 0 Å². The summed E-state index contributed by atoms with van der Waals surface area (Å²) in [7, 11) is 0. The van der Waals surface area contributed by atoms with Gasteiger partial charge in [-0.1, -0.05) is 12.8 Å². The largest absolute Gasteiger partial charge is 0.480 e. The molecule has 3 nitrogen and oxygen atoms in total. The molecule has 2 unspecified atom stereocenters. The lowest BCUT2D eigenvalue weighted by Gasteiger charge is -2.37. The van der Waals surface area contributed by atoms with Crippen molar-refractivity contribution in [1.29, 1.82) is 0 Å². The van der Waals surface area contributed by atoms with Gasteiger partial charge in [-0.25, -0.2) is 0 Å². The van der Waals surface area contributed by atoms with E-state index in [4.69, 9.17) is 0 Å². The smallest absolute Gasteiger partial charge is 0.325 e. The number of aliphatic carboxylic acids is 1. The quantitative estimate of drug-likeness (QED) is 0.910. The highest BCUT2D eigenvalue weighted by molar-refractivity contribution is 7.10. The molecule has 2 heterocycles. The SMILES string of the molecule is CC(CC1CC1)N1CCc2sccc2C1C(=O)O. The number of nitrogens with zero attached hydrogens (tertiary/aromatic N) is 1. The standard InChI is InChI=1S/C14H19NO2S/c1-9(8-10-2-3-10)15-6-4-12-11(5-7-18-12)13(15)14(16)17/h5,7,9-10,13H,2-4,6,8H2,1H3,(H,16,17).